The van der Waals surface area contributed by atoms with Gasteiger partial charge >= 0.3 is 0 Å². The van der Waals surface area contributed by atoms with Crippen molar-refractivity contribution in [1.82, 2.24) is 15.2 Å². The maximum atomic E-state index is 11.9. The highest BCUT2D eigenvalue weighted by Gasteiger charge is 2.21. The molecule has 0 atom stereocenters. The monoisotopic (exact) mass is 331 g/mol. The second-order valence-corrected chi connectivity index (χ2v) is 4.98. The minimum Gasteiger partial charge on any atom is -0.430 e. The Kier molecular flexibility index (Phi) is 4.20. The lowest BCUT2D eigenvalue weighted by atomic mass is 10.1. The highest BCUT2D eigenvalue weighted by Crippen LogP contribution is 2.25. The van der Waals surface area contributed by atoms with Gasteiger partial charge in [-0.3, -0.25) is 14.7 Å². The number of aromatic nitrogens is 3. The maximum Gasteiger partial charge on any atom is 0.290 e. The Balaban J connectivity index is 1.64. The number of benzene rings is 1. The zero-order valence-electron chi connectivity index (χ0n) is 11.7. The van der Waals surface area contributed by atoms with Gasteiger partial charge in [-0.1, -0.05) is 11.6 Å². The highest BCUT2D eigenvalue weighted by molar-refractivity contribution is 6.42. The van der Waals surface area contributed by atoms with Crippen LogP contribution in [0.25, 0.3) is 0 Å². The predicted octanol–water partition coefficient (Wildman–Crippen LogP) is 2.84. The number of hydrogen-bond donors (Lipinski definition) is 1. The van der Waals surface area contributed by atoms with Crippen LogP contribution in [0, 0.1) is 0 Å². The number of halogens is 1. The maximum absolute atomic E-state index is 11.9. The lowest BCUT2D eigenvalue weighted by Gasteiger charge is -2.01. The van der Waals surface area contributed by atoms with Gasteiger partial charge in [-0.2, -0.15) is 5.10 Å². The Labute approximate surface area is 135 Å². The van der Waals surface area contributed by atoms with E-state index in [-0.39, 0.29) is 18.2 Å². The van der Waals surface area contributed by atoms with Gasteiger partial charge in [0.2, 0.25) is 5.78 Å². The van der Waals surface area contributed by atoms with E-state index in [1.807, 2.05) is 0 Å². The Morgan fingerprint density at radius 1 is 1.17 bits per heavy atom. The molecule has 0 saturated carbocycles. The van der Waals surface area contributed by atoms with Crippen molar-refractivity contribution in [2.45, 2.75) is 6.42 Å². The predicted molar refractivity (Wildman–Crippen MR) is 79.7 cm³/mol. The van der Waals surface area contributed by atoms with Gasteiger partial charge in [-0.25, -0.2) is 4.98 Å². The molecule has 0 unspecified atom stereocenters. The summed E-state index contributed by atoms with van der Waals surface area (Å²) in [6.45, 7) is 0. The van der Waals surface area contributed by atoms with Gasteiger partial charge in [-0.15, -0.1) is 0 Å². The van der Waals surface area contributed by atoms with Crippen LogP contribution in [0.4, 0.5) is 0 Å². The number of aromatic amines is 1. The molecule has 116 valence electrons. The van der Waals surface area contributed by atoms with Crippen LogP contribution in [0.3, 0.4) is 0 Å². The number of nitrogens with one attached hydrogen (secondary N) is 1. The smallest absolute Gasteiger partial charge is 0.290 e. The molecule has 1 N–H and O–H groups in total. The van der Waals surface area contributed by atoms with Gasteiger partial charge < -0.3 is 9.15 Å². The van der Waals surface area contributed by atoms with Gasteiger partial charge in [-0.05, 0) is 30.3 Å². The Morgan fingerprint density at radius 3 is 2.65 bits per heavy atom. The highest BCUT2D eigenvalue weighted by atomic mass is 35.5. The molecule has 0 aliphatic heterocycles. The summed E-state index contributed by atoms with van der Waals surface area (Å²) >= 11 is 5.79. The van der Waals surface area contributed by atoms with E-state index >= 15 is 0 Å². The van der Waals surface area contributed by atoms with Crippen molar-refractivity contribution in [2.75, 3.05) is 0 Å². The minimum absolute atomic E-state index is 0.0980. The molecule has 2 heterocycles. The third kappa shape index (κ3) is 3.64. The second kappa shape index (κ2) is 6.45. The zero-order chi connectivity index (χ0) is 16.2. The van der Waals surface area contributed by atoms with Crippen LogP contribution in [0.2, 0.25) is 5.02 Å². The van der Waals surface area contributed by atoms with Crippen LogP contribution >= 0.6 is 11.6 Å². The van der Waals surface area contributed by atoms with Crippen molar-refractivity contribution in [3.63, 3.8) is 0 Å². The van der Waals surface area contributed by atoms with E-state index in [0.29, 0.717) is 16.5 Å². The summed E-state index contributed by atoms with van der Waals surface area (Å²) in [6, 6.07) is 9.86. The molecule has 3 aromatic rings. The molecule has 2 aromatic heterocycles. The molecule has 3 rings (SSSR count). The van der Waals surface area contributed by atoms with E-state index in [9.17, 15) is 9.59 Å². The first-order valence-electron chi connectivity index (χ1n) is 6.57. The molecular weight excluding hydrogens is 322 g/mol. The molecule has 1 aromatic carbocycles. The van der Waals surface area contributed by atoms with Crippen molar-refractivity contribution < 1.29 is 18.7 Å². The summed E-state index contributed by atoms with van der Waals surface area (Å²) in [5, 5.41) is 6.47. The van der Waals surface area contributed by atoms with Crippen molar-refractivity contribution in [1.29, 1.82) is 0 Å². The number of nitrogens with zero attached hydrogens (tertiary/aromatic N) is 2. The van der Waals surface area contributed by atoms with Gasteiger partial charge in [0.25, 0.3) is 11.7 Å². The normalized spacial score (nSPS) is 10.5. The molecule has 0 fully saturated rings. The van der Waals surface area contributed by atoms with E-state index in [1.54, 1.807) is 36.4 Å². The van der Waals surface area contributed by atoms with Crippen LogP contribution in [0.5, 0.6) is 11.7 Å². The molecule has 8 heteroatoms. The molecule has 0 bridgehead atoms. The third-order valence-corrected chi connectivity index (χ3v) is 3.14. The first kappa shape index (κ1) is 15.0. The number of ketones is 2. The summed E-state index contributed by atoms with van der Waals surface area (Å²) in [5.74, 6) is -0.444. The number of H-pyrrole nitrogens is 1. The molecule has 0 saturated heterocycles. The van der Waals surface area contributed by atoms with Crippen LogP contribution in [-0.2, 0) is 11.2 Å². The van der Waals surface area contributed by atoms with Gasteiger partial charge in [0.15, 0.2) is 5.82 Å². The second-order valence-electron chi connectivity index (χ2n) is 4.54. The van der Waals surface area contributed by atoms with Crippen LogP contribution in [0.1, 0.15) is 16.4 Å². The summed E-state index contributed by atoms with van der Waals surface area (Å²) in [6.07, 6.45) is 0.967. The number of Topliss-reactive ketones (excluding diaryl/α,β-unsaturated/α-hetero) is 2. The Bertz CT molecular complexity index is 825. The lowest BCUT2D eigenvalue weighted by Crippen LogP contribution is -2.17. The molecular formula is C15H10ClN3O4. The summed E-state index contributed by atoms with van der Waals surface area (Å²) in [5.41, 5.74) is 0. The first-order chi connectivity index (χ1) is 11.1. The SMILES string of the molecule is O=C(Cc1ccc(Oc2ccc(Cl)cc2)o1)C(=O)c1ncn[nH]1. The average molecular weight is 332 g/mol. The molecule has 0 spiro atoms. The van der Waals surface area contributed by atoms with E-state index in [0.717, 1.165) is 6.33 Å². The van der Waals surface area contributed by atoms with E-state index in [2.05, 4.69) is 15.2 Å². The summed E-state index contributed by atoms with van der Waals surface area (Å²) < 4.78 is 10.9. The number of hydrogen-bond acceptors (Lipinski definition) is 6. The Hall–Kier alpha value is -2.93. The topological polar surface area (TPSA) is 98.1 Å². The zero-order valence-corrected chi connectivity index (χ0v) is 12.4. The fourth-order valence-electron chi connectivity index (χ4n) is 1.81. The van der Waals surface area contributed by atoms with Crippen molar-refractivity contribution in [2.24, 2.45) is 0 Å². The van der Waals surface area contributed by atoms with Crippen molar-refractivity contribution in [3.05, 3.63) is 59.3 Å². The fraction of sp³-hybridized carbons (Fsp3) is 0.0667. The Morgan fingerprint density at radius 2 is 1.96 bits per heavy atom. The quantitative estimate of drug-likeness (QED) is 0.551. The lowest BCUT2D eigenvalue weighted by molar-refractivity contribution is -0.114. The van der Waals surface area contributed by atoms with Gasteiger partial charge in [0, 0.05) is 11.1 Å². The van der Waals surface area contributed by atoms with Gasteiger partial charge in [0.1, 0.15) is 17.8 Å². The van der Waals surface area contributed by atoms with Crippen molar-refractivity contribution in [3.8, 4) is 11.7 Å². The van der Waals surface area contributed by atoms with Crippen LogP contribution in [-0.4, -0.2) is 26.7 Å². The van der Waals surface area contributed by atoms with E-state index in [4.69, 9.17) is 20.8 Å². The molecule has 0 amide bonds. The number of carbonyl (C=O) groups is 2. The molecule has 7 nitrogen and oxygen atoms in total. The number of rotatable bonds is 6. The fourth-order valence-corrected chi connectivity index (χ4v) is 1.94. The van der Waals surface area contributed by atoms with E-state index < -0.39 is 11.6 Å². The standard InChI is InChI=1S/C15H10ClN3O4/c16-9-1-3-10(4-2-9)22-13-6-5-11(23-13)7-12(20)14(21)15-17-8-18-19-15/h1-6,8H,7H2,(H,17,18,19). The molecule has 0 aliphatic rings. The number of carbonyl (C=O) groups excluding carboxylic acids is 2. The first-order valence-corrected chi connectivity index (χ1v) is 6.94. The minimum atomic E-state index is -0.751. The van der Waals surface area contributed by atoms with Crippen LogP contribution < -0.4 is 4.74 Å². The third-order valence-electron chi connectivity index (χ3n) is 2.89. The molecule has 0 aliphatic carbocycles. The van der Waals surface area contributed by atoms with Crippen LogP contribution in [0.15, 0.2) is 47.1 Å². The summed E-state index contributed by atoms with van der Waals surface area (Å²) in [4.78, 5) is 27.3. The number of ether oxygens (including phenoxy) is 1. The summed E-state index contributed by atoms with van der Waals surface area (Å²) in [7, 11) is 0. The molecule has 0 radical (unpaired) electrons. The molecule has 23 heavy (non-hydrogen) atoms. The van der Waals surface area contributed by atoms with Gasteiger partial charge in [0.05, 0.1) is 6.42 Å². The average Bonchev–Trinajstić information content (AvgIpc) is 3.21. The van der Waals surface area contributed by atoms with Crippen molar-refractivity contribution >= 4 is 23.2 Å². The number of furan rings is 1. The van der Waals surface area contributed by atoms with E-state index in [1.165, 1.54) is 0 Å². The largest absolute Gasteiger partial charge is 0.430 e.